The average molecular weight is 305 g/mol. The summed E-state index contributed by atoms with van der Waals surface area (Å²) in [5.41, 5.74) is 5.79. The molecule has 0 bridgehead atoms. The van der Waals surface area contributed by atoms with Crippen LogP contribution in [-0.2, 0) is 4.79 Å². The van der Waals surface area contributed by atoms with Gasteiger partial charge in [-0.2, -0.15) is 0 Å². The van der Waals surface area contributed by atoms with Crippen molar-refractivity contribution in [2.75, 3.05) is 19.6 Å². The minimum absolute atomic E-state index is 0.224. The molecule has 0 saturated carbocycles. The van der Waals surface area contributed by atoms with E-state index in [-0.39, 0.29) is 5.92 Å². The molecule has 22 heavy (non-hydrogen) atoms. The van der Waals surface area contributed by atoms with Crippen molar-refractivity contribution in [3.63, 3.8) is 0 Å². The Morgan fingerprint density at radius 1 is 1.18 bits per heavy atom. The second-order valence-electron chi connectivity index (χ2n) is 6.60. The van der Waals surface area contributed by atoms with Crippen molar-refractivity contribution < 1.29 is 15.0 Å². The molecule has 1 aliphatic heterocycles. The number of β-amino-alcohol motifs (C(OH)–C–C–N with tert-alkyl or cyclic N) is 1. The lowest BCUT2D eigenvalue weighted by atomic mass is 9.90. The number of aliphatic hydroxyl groups excluding tert-OH is 1. The summed E-state index contributed by atoms with van der Waals surface area (Å²) in [4.78, 5) is 13.2. The third-order valence-electron chi connectivity index (χ3n) is 5.13. The molecular formula is C18H27NO3. The lowest BCUT2D eigenvalue weighted by Gasteiger charge is -2.32. The van der Waals surface area contributed by atoms with Gasteiger partial charge in [0, 0.05) is 6.54 Å². The van der Waals surface area contributed by atoms with Crippen molar-refractivity contribution in [1.82, 2.24) is 4.90 Å². The number of piperidine rings is 1. The fourth-order valence-electron chi connectivity index (χ4n) is 3.45. The van der Waals surface area contributed by atoms with E-state index in [4.69, 9.17) is 5.11 Å². The van der Waals surface area contributed by atoms with E-state index < -0.39 is 12.1 Å². The maximum atomic E-state index is 11.0. The van der Waals surface area contributed by atoms with Crippen LogP contribution in [-0.4, -0.2) is 40.7 Å². The summed E-state index contributed by atoms with van der Waals surface area (Å²) >= 11 is 0. The zero-order valence-corrected chi connectivity index (χ0v) is 14.0. The maximum Gasteiger partial charge on any atom is 0.306 e. The van der Waals surface area contributed by atoms with Crippen molar-refractivity contribution in [2.24, 2.45) is 5.92 Å². The average Bonchev–Trinajstić information content (AvgIpc) is 2.46. The molecule has 0 radical (unpaired) electrons. The number of aryl methyl sites for hydroxylation is 2. The Kier molecular flexibility index (Phi) is 5.24. The number of aliphatic hydroxyl groups is 1. The number of carboxylic acid groups (broad SMARTS) is 1. The molecule has 0 aliphatic carbocycles. The Balaban J connectivity index is 2.08. The second-order valence-corrected chi connectivity index (χ2v) is 6.60. The van der Waals surface area contributed by atoms with Crippen molar-refractivity contribution in [3.05, 3.63) is 33.9 Å². The van der Waals surface area contributed by atoms with Gasteiger partial charge in [-0.3, -0.25) is 4.79 Å². The van der Waals surface area contributed by atoms with Crippen LogP contribution in [0.15, 0.2) is 6.07 Å². The fourth-order valence-corrected chi connectivity index (χ4v) is 3.45. The zero-order chi connectivity index (χ0) is 16.4. The van der Waals surface area contributed by atoms with Gasteiger partial charge >= 0.3 is 5.97 Å². The molecule has 1 heterocycles. The van der Waals surface area contributed by atoms with Gasteiger partial charge in [-0.05, 0) is 81.4 Å². The molecule has 1 aliphatic rings. The van der Waals surface area contributed by atoms with Crippen LogP contribution in [0.2, 0.25) is 0 Å². The van der Waals surface area contributed by atoms with Crippen LogP contribution < -0.4 is 0 Å². The first-order chi connectivity index (χ1) is 10.3. The number of aliphatic carboxylic acids is 1. The third-order valence-corrected chi connectivity index (χ3v) is 5.13. The van der Waals surface area contributed by atoms with Crippen molar-refractivity contribution >= 4 is 5.97 Å². The van der Waals surface area contributed by atoms with Crippen LogP contribution in [0.25, 0.3) is 0 Å². The molecule has 1 unspecified atom stereocenters. The van der Waals surface area contributed by atoms with Crippen LogP contribution >= 0.6 is 0 Å². The lowest BCUT2D eigenvalue weighted by molar-refractivity contribution is -0.143. The highest BCUT2D eigenvalue weighted by atomic mass is 16.4. The SMILES string of the molecule is Cc1cc(C)c(C)c(C(O)CN2CCC(C(=O)O)CC2)c1C. The number of carboxylic acids is 1. The normalized spacial score (nSPS) is 18.4. The monoisotopic (exact) mass is 305 g/mol. The van der Waals surface area contributed by atoms with Gasteiger partial charge in [0.1, 0.15) is 0 Å². The molecule has 4 nitrogen and oxygen atoms in total. The zero-order valence-electron chi connectivity index (χ0n) is 14.0. The van der Waals surface area contributed by atoms with E-state index in [0.29, 0.717) is 19.4 Å². The van der Waals surface area contributed by atoms with Crippen molar-refractivity contribution in [2.45, 2.75) is 46.6 Å². The molecule has 1 aromatic rings. The number of benzene rings is 1. The highest BCUT2D eigenvalue weighted by Gasteiger charge is 2.26. The first-order valence-corrected chi connectivity index (χ1v) is 8.01. The number of hydrogen-bond acceptors (Lipinski definition) is 3. The summed E-state index contributed by atoms with van der Waals surface area (Å²) in [5.74, 6) is -0.917. The smallest absolute Gasteiger partial charge is 0.306 e. The Morgan fingerprint density at radius 2 is 1.68 bits per heavy atom. The summed E-state index contributed by atoms with van der Waals surface area (Å²) in [6.07, 6.45) is 0.833. The van der Waals surface area contributed by atoms with E-state index in [1.54, 1.807) is 0 Å². The molecule has 1 fully saturated rings. The van der Waals surface area contributed by atoms with Gasteiger partial charge in [0.2, 0.25) is 0 Å². The van der Waals surface area contributed by atoms with E-state index in [1.165, 1.54) is 11.1 Å². The standard InChI is InChI=1S/C18H27NO3/c1-11-9-12(2)14(4)17(13(11)3)16(20)10-19-7-5-15(6-8-19)18(21)22/h9,15-16,20H,5-8,10H2,1-4H3,(H,21,22). The van der Waals surface area contributed by atoms with Crippen molar-refractivity contribution in [1.29, 1.82) is 0 Å². The van der Waals surface area contributed by atoms with E-state index in [2.05, 4.69) is 38.7 Å². The molecule has 0 aromatic heterocycles. The number of hydrogen-bond donors (Lipinski definition) is 2. The van der Waals surface area contributed by atoms with Gasteiger partial charge in [-0.25, -0.2) is 0 Å². The lowest BCUT2D eigenvalue weighted by Crippen LogP contribution is -2.38. The largest absolute Gasteiger partial charge is 0.481 e. The second kappa shape index (κ2) is 6.80. The predicted octanol–water partition coefficient (Wildman–Crippen LogP) is 2.75. The summed E-state index contributed by atoms with van der Waals surface area (Å²) in [5, 5.41) is 19.8. The van der Waals surface area contributed by atoms with Gasteiger partial charge < -0.3 is 15.1 Å². The van der Waals surface area contributed by atoms with E-state index in [0.717, 1.165) is 29.8 Å². The van der Waals surface area contributed by atoms with E-state index in [1.807, 2.05) is 0 Å². The van der Waals surface area contributed by atoms with Crippen LogP contribution in [0.4, 0.5) is 0 Å². The molecule has 0 spiro atoms. The minimum atomic E-state index is -0.693. The van der Waals surface area contributed by atoms with E-state index >= 15 is 0 Å². The Labute approximate surface area is 132 Å². The summed E-state index contributed by atoms with van der Waals surface area (Å²) < 4.78 is 0. The molecular weight excluding hydrogens is 278 g/mol. The van der Waals surface area contributed by atoms with E-state index in [9.17, 15) is 9.90 Å². The fraction of sp³-hybridized carbons (Fsp3) is 0.611. The predicted molar refractivity (Wildman–Crippen MR) is 87.1 cm³/mol. The van der Waals surface area contributed by atoms with Crippen LogP contribution in [0.5, 0.6) is 0 Å². The number of rotatable bonds is 4. The highest BCUT2D eigenvalue weighted by Crippen LogP contribution is 2.29. The Bertz CT molecular complexity index is 534. The summed E-state index contributed by atoms with van der Waals surface area (Å²) in [6.45, 7) is 10.4. The minimum Gasteiger partial charge on any atom is -0.481 e. The number of nitrogens with zero attached hydrogens (tertiary/aromatic N) is 1. The Hall–Kier alpha value is -1.39. The van der Waals surface area contributed by atoms with Gasteiger partial charge in [-0.15, -0.1) is 0 Å². The molecule has 4 heteroatoms. The van der Waals surface area contributed by atoms with Gasteiger partial charge in [-0.1, -0.05) is 6.07 Å². The van der Waals surface area contributed by atoms with Crippen LogP contribution in [0.3, 0.4) is 0 Å². The van der Waals surface area contributed by atoms with Gasteiger partial charge in [0.05, 0.1) is 12.0 Å². The number of carbonyl (C=O) groups is 1. The molecule has 1 atom stereocenters. The first kappa shape index (κ1) is 17.0. The van der Waals surface area contributed by atoms with Gasteiger partial charge in [0.15, 0.2) is 0 Å². The number of likely N-dealkylation sites (tertiary alicyclic amines) is 1. The molecule has 2 N–H and O–H groups in total. The van der Waals surface area contributed by atoms with Crippen LogP contribution in [0, 0.1) is 33.6 Å². The quantitative estimate of drug-likeness (QED) is 0.898. The van der Waals surface area contributed by atoms with Crippen LogP contribution in [0.1, 0.15) is 46.8 Å². The Morgan fingerprint density at radius 3 is 2.14 bits per heavy atom. The maximum absolute atomic E-state index is 11.0. The molecule has 122 valence electrons. The highest BCUT2D eigenvalue weighted by molar-refractivity contribution is 5.70. The first-order valence-electron chi connectivity index (χ1n) is 8.01. The third kappa shape index (κ3) is 3.50. The summed E-state index contributed by atoms with van der Waals surface area (Å²) in [6, 6.07) is 2.17. The van der Waals surface area contributed by atoms with Gasteiger partial charge in [0.25, 0.3) is 0 Å². The topological polar surface area (TPSA) is 60.8 Å². The molecule has 1 saturated heterocycles. The molecule has 1 aromatic carbocycles. The van der Waals surface area contributed by atoms with Crippen molar-refractivity contribution in [3.8, 4) is 0 Å². The molecule has 0 amide bonds. The molecule has 2 rings (SSSR count). The summed E-state index contributed by atoms with van der Waals surface area (Å²) in [7, 11) is 0.